The second-order valence-electron chi connectivity index (χ2n) is 2.89. The molecule has 0 aliphatic heterocycles. The molecular formula is C10H5IO3. The fraction of sp³-hybridized carbons (Fsp3) is 0. The van der Waals surface area contributed by atoms with Crippen LogP contribution in [0.5, 0.6) is 5.75 Å². The SMILES string of the molecule is O=C1C(I)=CC(=O)c2c(O)cccc21. The highest BCUT2D eigenvalue weighted by atomic mass is 127. The molecule has 0 saturated heterocycles. The molecule has 70 valence electrons. The van der Waals surface area contributed by atoms with E-state index in [-0.39, 0.29) is 28.4 Å². The zero-order valence-corrected chi connectivity index (χ0v) is 9.11. The number of halogens is 1. The van der Waals surface area contributed by atoms with Crippen molar-refractivity contribution >= 4 is 34.2 Å². The number of rotatable bonds is 0. The van der Waals surface area contributed by atoms with Gasteiger partial charge >= 0.3 is 0 Å². The monoisotopic (exact) mass is 300 g/mol. The lowest BCUT2D eigenvalue weighted by molar-refractivity contribution is 0.0990. The van der Waals surface area contributed by atoms with Crippen LogP contribution in [0.2, 0.25) is 0 Å². The lowest BCUT2D eigenvalue weighted by Crippen LogP contribution is -2.14. The molecule has 3 nitrogen and oxygen atoms in total. The van der Waals surface area contributed by atoms with E-state index in [1.54, 1.807) is 12.1 Å². The molecule has 0 fully saturated rings. The molecule has 0 saturated carbocycles. The van der Waals surface area contributed by atoms with E-state index in [0.29, 0.717) is 3.58 Å². The van der Waals surface area contributed by atoms with Crippen LogP contribution in [0.1, 0.15) is 20.7 Å². The van der Waals surface area contributed by atoms with E-state index < -0.39 is 0 Å². The van der Waals surface area contributed by atoms with Gasteiger partial charge in [-0.3, -0.25) is 9.59 Å². The standard InChI is InChI=1S/C10H5IO3/c11-6-4-8(13)9-5(10(6)14)2-1-3-7(9)12/h1-4,12H. The first-order chi connectivity index (χ1) is 6.61. The quantitative estimate of drug-likeness (QED) is 0.746. The maximum atomic E-state index is 11.6. The summed E-state index contributed by atoms with van der Waals surface area (Å²) in [6.07, 6.45) is 1.24. The summed E-state index contributed by atoms with van der Waals surface area (Å²) < 4.78 is 0.380. The molecular weight excluding hydrogens is 295 g/mol. The van der Waals surface area contributed by atoms with Crippen molar-refractivity contribution in [3.05, 3.63) is 39.0 Å². The highest BCUT2D eigenvalue weighted by Gasteiger charge is 2.26. The number of phenolic OH excluding ortho intramolecular Hbond substituents is 1. The van der Waals surface area contributed by atoms with Gasteiger partial charge in [-0.1, -0.05) is 6.07 Å². The Morgan fingerprint density at radius 2 is 1.93 bits per heavy atom. The van der Waals surface area contributed by atoms with Gasteiger partial charge in [-0.05, 0) is 34.7 Å². The van der Waals surface area contributed by atoms with Crippen LogP contribution in [0.4, 0.5) is 0 Å². The smallest absolute Gasteiger partial charge is 0.200 e. The third-order valence-electron chi connectivity index (χ3n) is 2.01. The van der Waals surface area contributed by atoms with E-state index in [2.05, 4.69) is 0 Å². The Morgan fingerprint density at radius 3 is 2.64 bits per heavy atom. The molecule has 0 heterocycles. The zero-order valence-electron chi connectivity index (χ0n) is 6.95. The second kappa shape index (κ2) is 3.20. The first kappa shape index (κ1) is 9.39. The number of carbonyl (C=O) groups is 2. The Labute approximate surface area is 93.6 Å². The first-order valence-corrected chi connectivity index (χ1v) is 4.97. The number of allylic oxidation sites excluding steroid dienone is 2. The molecule has 1 aromatic carbocycles. The van der Waals surface area contributed by atoms with E-state index in [4.69, 9.17) is 0 Å². The normalized spacial score (nSPS) is 15.1. The van der Waals surface area contributed by atoms with Crippen LogP contribution in [0.15, 0.2) is 27.9 Å². The van der Waals surface area contributed by atoms with Crippen molar-refractivity contribution in [1.82, 2.24) is 0 Å². The summed E-state index contributed by atoms with van der Waals surface area (Å²) in [5, 5.41) is 9.43. The highest BCUT2D eigenvalue weighted by Crippen LogP contribution is 2.30. The highest BCUT2D eigenvalue weighted by molar-refractivity contribution is 14.1. The Bertz CT molecular complexity index is 474. The van der Waals surface area contributed by atoms with Gasteiger partial charge in [-0.25, -0.2) is 0 Å². The summed E-state index contributed by atoms with van der Waals surface area (Å²) >= 11 is 1.82. The third kappa shape index (κ3) is 1.26. The molecule has 1 aliphatic rings. The first-order valence-electron chi connectivity index (χ1n) is 3.89. The number of Topliss-reactive ketones (excluding diaryl/α,β-unsaturated/α-hetero) is 1. The van der Waals surface area contributed by atoms with Gasteiger partial charge < -0.3 is 5.11 Å². The van der Waals surface area contributed by atoms with Crippen molar-refractivity contribution in [3.63, 3.8) is 0 Å². The van der Waals surface area contributed by atoms with E-state index in [0.717, 1.165) is 0 Å². The van der Waals surface area contributed by atoms with Gasteiger partial charge in [0.1, 0.15) is 5.75 Å². The molecule has 4 heteroatoms. The van der Waals surface area contributed by atoms with Crippen molar-refractivity contribution in [2.24, 2.45) is 0 Å². The molecule has 1 aliphatic carbocycles. The van der Waals surface area contributed by atoms with E-state index in [1.807, 2.05) is 22.6 Å². The number of aromatic hydroxyl groups is 1. The van der Waals surface area contributed by atoms with Gasteiger partial charge in [-0.15, -0.1) is 0 Å². The van der Waals surface area contributed by atoms with Crippen molar-refractivity contribution in [2.75, 3.05) is 0 Å². The van der Waals surface area contributed by atoms with Crippen molar-refractivity contribution in [3.8, 4) is 5.75 Å². The van der Waals surface area contributed by atoms with Gasteiger partial charge in [0.2, 0.25) is 0 Å². The minimum atomic E-state index is -0.317. The maximum Gasteiger partial charge on any atom is 0.200 e. The number of phenols is 1. The zero-order chi connectivity index (χ0) is 10.3. The number of fused-ring (bicyclic) bond motifs is 1. The maximum absolute atomic E-state index is 11.6. The van der Waals surface area contributed by atoms with Gasteiger partial charge in [-0.2, -0.15) is 0 Å². The summed E-state index contributed by atoms with van der Waals surface area (Å²) in [6, 6.07) is 4.49. The minimum Gasteiger partial charge on any atom is -0.507 e. The topological polar surface area (TPSA) is 54.4 Å². The average Bonchev–Trinajstić information content (AvgIpc) is 2.14. The van der Waals surface area contributed by atoms with Crippen LogP contribution in [-0.4, -0.2) is 16.7 Å². The lowest BCUT2D eigenvalue weighted by atomic mass is 9.94. The summed E-state index contributed by atoms with van der Waals surface area (Å²) in [6.45, 7) is 0. The van der Waals surface area contributed by atoms with Crippen LogP contribution in [-0.2, 0) is 0 Å². The average molecular weight is 300 g/mol. The minimum absolute atomic E-state index is 0.109. The largest absolute Gasteiger partial charge is 0.507 e. The van der Waals surface area contributed by atoms with Crippen LogP contribution in [0, 0.1) is 0 Å². The summed E-state index contributed by atoms with van der Waals surface area (Å²) in [4.78, 5) is 23.0. The summed E-state index contributed by atoms with van der Waals surface area (Å²) in [5.41, 5.74) is 0.389. The van der Waals surface area contributed by atoms with Gasteiger partial charge in [0.15, 0.2) is 11.6 Å². The Hall–Kier alpha value is -1.17. The van der Waals surface area contributed by atoms with Gasteiger partial charge in [0.05, 0.1) is 9.14 Å². The Kier molecular flexibility index (Phi) is 2.14. The molecule has 2 rings (SSSR count). The van der Waals surface area contributed by atoms with E-state index in [9.17, 15) is 14.7 Å². The third-order valence-corrected chi connectivity index (χ3v) is 2.81. The molecule has 0 atom stereocenters. The molecule has 1 aromatic rings. The summed E-state index contributed by atoms with van der Waals surface area (Å²) in [7, 11) is 0. The fourth-order valence-corrected chi connectivity index (χ4v) is 1.94. The molecule has 0 unspecified atom stereocenters. The van der Waals surface area contributed by atoms with E-state index >= 15 is 0 Å². The molecule has 0 radical (unpaired) electrons. The number of hydrogen-bond donors (Lipinski definition) is 1. The number of carbonyl (C=O) groups excluding carboxylic acids is 2. The van der Waals surface area contributed by atoms with Crippen molar-refractivity contribution in [1.29, 1.82) is 0 Å². The van der Waals surface area contributed by atoms with Crippen LogP contribution < -0.4 is 0 Å². The second-order valence-corrected chi connectivity index (χ2v) is 4.05. The Balaban J connectivity index is 2.75. The number of ketones is 2. The number of benzene rings is 1. The molecule has 0 bridgehead atoms. The molecule has 0 aromatic heterocycles. The van der Waals surface area contributed by atoms with Crippen molar-refractivity contribution < 1.29 is 14.7 Å². The number of hydrogen-bond acceptors (Lipinski definition) is 3. The molecule has 14 heavy (non-hydrogen) atoms. The fourth-order valence-electron chi connectivity index (χ4n) is 1.37. The molecule has 1 N–H and O–H groups in total. The van der Waals surface area contributed by atoms with Crippen LogP contribution in [0.3, 0.4) is 0 Å². The van der Waals surface area contributed by atoms with Crippen molar-refractivity contribution in [2.45, 2.75) is 0 Å². The summed E-state index contributed by atoms with van der Waals surface area (Å²) in [5.74, 6) is -0.667. The predicted octanol–water partition coefficient (Wildman–Crippen LogP) is 2.09. The van der Waals surface area contributed by atoms with E-state index in [1.165, 1.54) is 12.1 Å². The Morgan fingerprint density at radius 1 is 1.21 bits per heavy atom. The molecule has 0 spiro atoms. The lowest BCUT2D eigenvalue weighted by Gasteiger charge is -2.12. The van der Waals surface area contributed by atoms with Crippen LogP contribution >= 0.6 is 22.6 Å². The predicted molar refractivity (Wildman–Crippen MR) is 58.9 cm³/mol. The van der Waals surface area contributed by atoms with Crippen LogP contribution in [0.25, 0.3) is 0 Å². The van der Waals surface area contributed by atoms with Gasteiger partial charge in [0, 0.05) is 11.6 Å². The molecule has 0 amide bonds. The van der Waals surface area contributed by atoms with Gasteiger partial charge in [0.25, 0.3) is 0 Å².